The van der Waals surface area contributed by atoms with Gasteiger partial charge in [0.1, 0.15) is 18.7 Å². The smallest absolute Gasteiger partial charge is 0.142 e. The molecule has 0 radical (unpaired) electrons. The van der Waals surface area contributed by atoms with Crippen LogP contribution in [0.2, 0.25) is 0 Å². The number of hydrogen-bond acceptors (Lipinski definition) is 4. The molecule has 1 aliphatic carbocycles. The van der Waals surface area contributed by atoms with Crippen LogP contribution < -0.4 is 0 Å². The van der Waals surface area contributed by atoms with Crippen LogP contribution in [0.4, 0.5) is 0 Å². The molecule has 1 aromatic heterocycles. The van der Waals surface area contributed by atoms with E-state index in [0.29, 0.717) is 13.3 Å². The van der Waals surface area contributed by atoms with Crippen LogP contribution in [0, 0.1) is 5.92 Å². The highest BCUT2D eigenvalue weighted by Crippen LogP contribution is 2.36. The summed E-state index contributed by atoms with van der Waals surface area (Å²) >= 11 is 0. The van der Waals surface area contributed by atoms with Gasteiger partial charge in [-0.3, -0.25) is 0 Å². The maximum absolute atomic E-state index is 11.2. The predicted molar refractivity (Wildman–Crippen MR) is 124 cm³/mol. The summed E-state index contributed by atoms with van der Waals surface area (Å²) in [7, 11) is 0. The van der Waals surface area contributed by atoms with Crippen LogP contribution in [0.15, 0.2) is 48.7 Å². The molecule has 0 bridgehead atoms. The number of rotatable bonds is 7. The van der Waals surface area contributed by atoms with Gasteiger partial charge in [0.2, 0.25) is 0 Å². The molecule has 1 atom stereocenters. The third-order valence-electron chi connectivity index (χ3n) is 7.18. The normalized spacial score (nSPS) is 19.5. The molecule has 1 aliphatic heterocycles. The van der Waals surface area contributed by atoms with Crippen molar-refractivity contribution in [1.82, 2.24) is 14.5 Å². The SMILES string of the molecule is CCOCn1cc(C(O)C2CCN(C3CCC3)CC2)nc1-c1cccc2ccccc12. The molecule has 0 spiro atoms. The third-order valence-corrected chi connectivity index (χ3v) is 7.18. The van der Waals surface area contributed by atoms with Gasteiger partial charge in [-0.2, -0.15) is 0 Å². The molecular weight excluding hydrogens is 386 g/mol. The molecule has 1 saturated heterocycles. The molecule has 2 aromatic carbocycles. The zero-order valence-corrected chi connectivity index (χ0v) is 18.4. The van der Waals surface area contributed by atoms with Crippen molar-refractivity contribution in [3.05, 3.63) is 54.4 Å². The Morgan fingerprint density at radius 3 is 2.58 bits per heavy atom. The number of hydrogen-bond donors (Lipinski definition) is 1. The fraction of sp³-hybridized carbons (Fsp3) is 0.500. The van der Waals surface area contributed by atoms with Gasteiger partial charge in [-0.25, -0.2) is 4.98 Å². The highest BCUT2D eigenvalue weighted by molar-refractivity contribution is 5.95. The largest absolute Gasteiger partial charge is 0.386 e. The first-order valence-corrected chi connectivity index (χ1v) is 11.8. The van der Waals surface area contributed by atoms with Crippen molar-refractivity contribution in [2.24, 2.45) is 5.92 Å². The zero-order valence-electron chi connectivity index (χ0n) is 18.4. The number of benzene rings is 2. The quantitative estimate of drug-likeness (QED) is 0.586. The fourth-order valence-electron chi connectivity index (χ4n) is 5.10. The van der Waals surface area contributed by atoms with Crippen LogP contribution in [0.1, 0.15) is 50.8 Å². The maximum Gasteiger partial charge on any atom is 0.142 e. The van der Waals surface area contributed by atoms with E-state index < -0.39 is 6.10 Å². The molecule has 5 rings (SSSR count). The lowest BCUT2D eigenvalue weighted by Crippen LogP contribution is -2.45. The Kier molecular flexibility index (Phi) is 6.08. The van der Waals surface area contributed by atoms with E-state index >= 15 is 0 Å². The molecule has 164 valence electrons. The Hall–Kier alpha value is -2.21. The summed E-state index contributed by atoms with van der Waals surface area (Å²) < 4.78 is 7.78. The molecular formula is C26H33N3O2. The van der Waals surface area contributed by atoms with Crippen LogP contribution >= 0.6 is 0 Å². The van der Waals surface area contributed by atoms with Crippen LogP contribution in [0.3, 0.4) is 0 Å². The van der Waals surface area contributed by atoms with Gasteiger partial charge in [-0.1, -0.05) is 48.9 Å². The lowest BCUT2D eigenvalue weighted by Gasteiger charge is -2.42. The molecule has 1 N–H and O–H groups in total. The molecule has 3 aromatic rings. The molecule has 31 heavy (non-hydrogen) atoms. The molecule has 2 heterocycles. The number of aliphatic hydroxyl groups is 1. The van der Waals surface area contributed by atoms with Gasteiger partial charge in [-0.15, -0.1) is 0 Å². The Bertz CT molecular complexity index is 1010. The van der Waals surface area contributed by atoms with Crippen LogP contribution in [0.25, 0.3) is 22.2 Å². The molecule has 2 aliphatic rings. The van der Waals surface area contributed by atoms with Gasteiger partial charge in [0.05, 0.1) is 5.69 Å². The summed E-state index contributed by atoms with van der Waals surface area (Å²) in [6.07, 6.45) is 7.63. The van der Waals surface area contributed by atoms with Crippen LogP contribution in [-0.2, 0) is 11.5 Å². The van der Waals surface area contributed by atoms with E-state index in [0.717, 1.165) is 49.1 Å². The highest BCUT2D eigenvalue weighted by Gasteiger charge is 2.32. The van der Waals surface area contributed by atoms with E-state index in [9.17, 15) is 5.11 Å². The zero-order chi connectivity index (χ0) is 21.2. The summed E-state index contributed by atoms with van der Waals surface area (Å²) in [4.78, 5) is 7.59. The van der Waals surface area contributed by atoms with E-state index in [1.54, 1.807) is 0 Å². The molecule has 1 unspecified atom stereocenters. The first kappa shape index (κ1) is 20.7. The summed E-state index contributed by atoms with van der Waals surface area (Å²) in [5, 5.41) is 13.6. The van der Waals surface area contributed by atoms with Crippen molar-refractivity contribution in [3.63, 3.8) is 0 Å². The number of fused-ring (bicyclic) bond motifs is 1. The van der Waals surface area contributed by atoms with Crippen molar-refractivity contribution >= 4 is 10.8 Å². The van der Waals surface area contributed by atoms with Gasteiger partial charge in [-0.05, 0) is 62.4 Å². The highest BCUT2D eigenvalue weighted by atomic mass is 16.5. The number of likely N-dealkylation sites (tertiary alicyclic amines) is 1. The minimum Gasteiger partial charge on any atom is -0.386 e. The van der Waals surface area contributed by atoms with Gasteiger partial charge in [0, 0.05) is 24.4 Å². The summed E-state index contributed by atoms with van der Waals surface area (Å²) in [6, 6.07) is 15.5. The van der Waals surface area contributed by atoms with E-state index in [2.05, 4.69) is 47.4 Å². The first-order valence-electron chi connectivity index (χ1n) is 11.8. The second kappa shape index (κ2) is 9.11. The standard InChI is InChI=1S/C26H33N3O2/c1-2-31-18-29-17-24(25(30)20-13-15-28(16-14-20)21-9-6-10-21)27-26(29)23-12-5-8-19-7-3-4-11-22(19)23/h3-5,7-8,11-12,17,20-21,25,30H,2,6,9-10,13-16,18H2,1H3. The predicted octanol–water partition coefficient (Wildman–Crippen LogP) is 5.00. The molecule has 5 nitrogen and oxygen atoms in total. The van der Waals surface area contributed by atoms with E-state index in [1.807, 2.05) is 17.7 Å². The molecule has 2 fully saturated rings. The average Bonchev–Trinajstić information content (AvgIpc) is 3.20. The number of aliphatic hydroxyl groups excluding tert-OH is 1. The van der Waals surface area contributed by atoms with Gasteiger partial charge < -0.3 is 19.3 Å². The Balaban J connectivity index is 1.41. The summed E-state index contributed by atoms with van der Waals surface area (Å²) in [5.74, 6) is 1.14. The van der Waals surface area contributed by atoms with Crippen molar-refractivity contribution in [3.8, 4) is 11.4 Å². The molecule has 0 amide bonds. The van der Waals surface area contributed by atoms with Crippen LogP contribution in [0.5, 0.6) is 0 Å². The summed E-state index contributed by atoms with van der Waals surface area (Å²) in [5.41, 5.74) is 1.85. The number of ether oxygens (including phenoxy) is 1. The topological polar surface area (TPSA) is 50.5 Å². The molecule has 1 saturated carbocycles. The van der Waals surface area contributed by atoms with Gasteiger partial charge in [0.25, 0.3) is 0 Å². The van der Waals surface area contributed by atoms with Crippen LogP contribution in [-0.4, -0.2) is 45.3 Å². The van der Waals surface area contributed by atoms with Gasteiger partial charge >= 0.3 is 0 Å². The second-order valence-corrected chi connectivity index (χ2v) is 9.01. The first-order chi connectivity index (χ1) is 15.2. The van der Waals surface area contributed by atoms with Crippen molar-refractivity contribution in [2.75, 3.05) is 19.7 Å². The Labute approximate surface area is 184 Å². The minimum absolute atomic E-state index is 0.270. The third kappa shape index (κ3) is 4.14. The number of aromatic nitrogens is 2. The number of piperidine rings is 1. The summed E-state index contributed by atoms with van der Waals surface area (Å²) in [6.45, 7) is 5.28. The monoisotopic (exact) mass is 419 g/mol. The van der Waals surface area contributed by atoms with Crippen molar-refractivity contribution < 1.29 is 9.84 Å². The van der Waals surface area contributed by atoms with E-state index in [1.165, 1.54) is 30.0 Å². The van der Waals surface area contributed by atoms with E-state index in [-0.39, 0.29) is 5.92 Å². The maximum atomic E-state index is 11.2. The van der Waals surface area contributed by atoms with Crippen molar-refractivity contribution in [1.29, 1.82) is 0 Å². The minimum atomic E-state index is -0.528. The number of imidazole rings is 1. The fourth-order valence-corrected chi connectivity index (χ4v) is 5.10. The second-order valence-electron chi connectivity index (χ2n) is 9.01. The average molecular weight is 420 g/mol. The Morgan fingerprint density at radius 2 is 1.84 bits per heavy atom. The Morgan fingerprint density at radius 1 is 1.06 bits per heavy atom. The lowest BCUT2D eigenvalue weighted by atomic mass is 9.85. The molecule has 5 heteroatoms. The number of nitrogens with zero attached hydrogens (tertiary/aromatic N) is 3. The van der Waals surface area contributed by atoms with Gasteiger partial charge in [0.15, 0.2) is 0 Å². The van der Waals surface area contributed by atoms with E-state index in [4.69, 9.17) is 9.72 Å². The lowest BCUT2D eigenvalue weighted by molar-refractivity contribution is 0.0271. The van der Waals surface area contributed by atoms with Crippen molar-refractivity contribution in [2.45, 2.75) is 57.9 Å².